The van der Waals surface area contributed by atoms with Crippen molar-refractivity contribution in [1.82, 2.24) is 4.90 Å². The molecule has 2 aromatic carbocycles. The zero-order valence-electron chi connectivity index (χ0n) is 17.5. The summed E-state index contributed by atoms with van der Waals surface area (Å²) in [6.45, 7) is 4.66. The van der Waals surface area contributed by atoms with E-state index in [0.29, 0.717) is 22.6 Å². The molecule has 0 saturated carbocycles. The van der Waals surface area contributed by atoms with Gasteiger partial charge in [-0.3, -0.25) is 9.59 Å². The summed E-state index contributed by atoms with van der Waals surface area (Å²) in [5.74, 6) is -1.86. The first-order chi connectivity index (χ1) is 14.6. The van der Waals surface area contributed by atoms with Crippen molar-refractivity contribution in [3.05, 3.63) is 59.2 Å². The normalized spacial score (nSPS) is 15.5. The summed E-state index contributed by atoms with van der Waals surface area (Å²) in [6, 6.07) is 10.8. The third-order valence-electron chi connectivity index (χ3n) is 4.65. The maximum atomic E-state index is 12.8. The fourth-order valence-electron chi connectivity index (χ4n) is 3.19. The number of rotatable bonds is 3. The van der Waals surface area contributed by atoms with Crippen molar-refractivity contribution >= 4 is 41.0 Å². The molecule has 1 aliphatic heterocycles. The summed E-state index contributed by atoms with van der Waals surface area (Å²) in [5.41, 5.74) is 7.50. The number of aryl methyl sites for hydroxylation is 2. The fraction of sp³-hybridized carbons (Fsp3) is 0.182. The number of hydrogen-bond acceptors (Lipinski definition) is 6. The molecule has 2 N–H and O–H groups in total. The highest BCUT2D eigenvalue weighted by molar-refractivity contribution is 6.68. The Balaban J connectivity index is 2.08. The van der Waals surface area contributed by atoms with Gasteiger partial charge in [-0.05, 0) is 49.2 Å². The molecule has 9 heteroatoms. The molecule has 31 heavy (non-hydrogen) atoms. The van der Waals surface area contributed by atoms with Gasteiger partial charge in [0.1, 0.15) is 11.4 Å². The Morgan fingerprint density at radius 2 is 1.65 bits per heavy atom. The van der Waals surface area contributed by atoms with E-state index in [1.807, 2.05) is 0 Å². The van der Waals surface area contributed by atoms with Gasteiger partial charge in [0, 0.05) is 12.5 Å². The van der Waals surface area contributed by atoms with Crippen LogP contribution in [0.1, 0.15) is 28.4 Å². The highest BCUT2D eigenvalue weighted by Gasteiger charge is 2.42. The second kappa shape index (κ2) is 8.31. The third kappa shape index (κ3) is 4.11. The number of carbonyl (C=O) groups excluding carboxylic acids is 4. The van der Waals surface area contributed by atoms with Gasteiger partial charge in [-0.2, -0.15) is 14.5 Å². The second-order valence-corrected chi connectivity index (χ2v) is 7.00. The average Bonchev–Trinajstić information content (AvgIpc) is 2.72. The number of esters is 1. The lowest BCUT2D eigenvalue weighted by Gasteiger charge is -2.20. The summed E-state index contributed by atoms with van der Waals surface area (Å²) in [5, 5.41) is 0. The summed E-state index contributed by atoms with van der Waals surface area (Å²) < 4.78 is 6.29. The number of imide groups is 1. The number of ether oxygens (including phenoxy) is 1. The molecule has 9 nitrogen and oxygen atoms in total. The molecule has 0 aliphatic carbocycles. The molecule has 0 bridgehead atoms. The molecule has 0 fully saturated rings. The van der Waals surface area contributed by atoms with Crippen LogP contribution in [0.3, 0.4) is 0 Å². The maximum Gasteiger partial charge on any atom is 0.451 e. The van der Waals surface area contributed by atoms with Gasteiger partial charge in [0.25, 0.3) is 11.7 Å². The molecule has 1 heterocycles. The number of amidine groups is 1. The number of nitrogens with two attached hydrogens (primary N) is 1. The molecule has 0 unspecified atom stereocenters. The Hall–Kier alpha value is -4.14. The minimum atomic E-state index is -0.784. The van der Waals surface area contributed by atoms with Gasteiger partial charge < -0.3 is 10.5 Å². The van der Waals surface area contributed by atoms with Crippen molar-refractivity contribution in [3.8, 4) is 5.75 Å². The van der Waals surface area contributed by atoms with E-state index < -0.39 is 23.8 Å². The molecule has 158 valence electrons. The lowest BCUT2D eigenvalue weighted by Crippen LogP contribution is -2.55. The summed E-state index contributed by atoms with van der Waals surface area (Å²) >= 11 is 0. The van der Waals surface area contributed by atoms with Gasteiger partial charge in [-0.25, -0.2) is 9.59 Å². The molecule has 1 aliphatic rings. The minimum absolute atomic E-state index is 0.185. The topological polar surface area (TPSA) is 122 Å². The van der Waals surface area contributed by atoms with E-state index in [1.165, 1.54) is 26.1 Å². The molecule has 0 radical (unpaired) electrons. The van der Waals surface area contributed by atoms with E-state index in [9.17, 15) is 19.2 Å². The Kier molecular flexibility index (Phi) is 5.78. The van der Waals surface area contributed by atoms with Crippen LogP contribution in [-0.4, -0.2) is 51.9 Å². The number of benzene rings is 2. The monoisotopic (exact) mass is 421 g/mol. The largest absolute Gasteiger partial charge is 0.451 e. The van der Waals surface area contributed by atoms with Crippen LogP contribution in [0, 0.1) is 13.8 Å². The highest BCUT2D eigenvalue weighted by Crippen LogP contribution is 2.25. The predicted molar refractivity (Wildman–Crippen MR) is 113 cm³/mol. The molecule has 0 saturated heterocycles. The molecule has 2 aromatic rings. The van der Waals surface area contributed by atoms with E-state index in [2.05, 4.69) is 4.99 Å². The first-order valence-corrected chi connectivity index (χ1v) is 9.34. The molecule has 0 atom stereocenters. The van der Waals surface area contributed by atoms with Crippen molar-refractivity contribution in [3.63, 3.8) is 0 Å². The van der Waals surface area contributed by atoms with Crippen molar-refractivity contribution in [2.24, 2.45) is 10.7 Å². The van der Waals surface area contributed by atoms with E-state index in [1.54, 1.807) is 44.2 Å². The van der Waals surface area contributed by atoms with E-state index in [4.69, 9.17) is 10.5 Å². The third-order valence-corrected chi connectivity index (χ3v) is 4.65. The van der Waals surface area contributed by atoms with Gasteiger partial charge in [0.05, 0.1) is 7.05 Å². The van der Waals surface area contributed by atoms with Gasteiger partial charge in [0.2, 0.25) is 5.71 Å². The van der Waals surface area contributed by atoms with E-state index in [0.717, 1.165) is 9.48 Å². The van der Waals surface area contributed by atoms with Gasteiger partial charge in [-0.1, -0.05) is 18.2 Å². The Morgan fingerprint density at radius 3 is 2.19 bits per heavy atom. The van der Waals surface area contributed by atoms with E-state index in [-0.39, 0.29) is 17.1 Å². The highest BCUT2D eigenvalue weighted by atomic mass is 16.5. The molecule has 0 aromatic heterocycles. The number of aliphatic imine (C=N–C) groups is 1. The molecule has 0 spiro atoms. The number of hydrogen-bond donors (Lipinski definition) is 1. The quantitative estimate of drug-likeness (QED) is 0.460. The standard InChI is InChI=1S/C22H20N4O5/c1-12-10-15(11-13(2)18(12)31-14(3)27)20(28)24-17-19(23)26(16-8-6-5-7-9-16)22(30)25(4)21(17)29/h5-11,23H,1-4H3/p+1. The second-order valence-electron chi connectivity index (χ2n) is 7.00. The zero-order valence-corrected chi connectivity index (χ0v) is 17.5. The smallest absolute Gasteiger partial charge is 0.426 e. The van der Waals surface area contributed by atoms with Crippen LogP contribution in [0.4, 0.5) is 10.5 Å². The SMILES string of the molecule is CC(=O)Oc1c(C)cc(C(=O)N=C2C(=O)N(C)C(=O)[N+](c3ccccc3)=C2N)cc1C. The molecular weight excluding hydrogens is 400 g/mol. The first kappa shape index (κ1) is 21.6. The van der Waals surface area contributed by atoms with Crippen LogP contribution in [0.2, 0.25) is 0 Å². The summed E-state index contributed by atoms with van der Waals surface area (Å²) in [7, 11) is 1.29. The van der Waals surface area contributed by atoms with Gasteiger partial charge in [-0.15, -0.1) is 0 Å². The van der Waals surface area contributed by atoms with E-state index >= 15 is 0 Å². The first-order valence-electron chi connectivity index (χ1n) is 9.34. The minimum Gasteiger partial charge on any atom is -0.426 e. The maximum absolute atomic E-state index is 12.8. The lowest BCUT2D eigenvalue weighted by molar-refractivity contribution is -0.342. The number of para-hydroxylation sites is 1. The Labute approximate surface area is 178 Å². The van der Waals surface area contributed by atoms with Crippen molar-refractivity contribution in [2.75, 3.05) is 7.05 Å². The van der Waals surface area contributed by atoms with Crippen LogP contribution in [0.5, 0.6) is 5.75 Å². The van der Waals surface area contributed by atoms with Crippen LogP contribution >= 0.6 is 0 Å². The number of amides is 4. The molecular formula is C22H21N4O5+. The molecule has 4 amide bonds. The van der Waals surface area contributed by atoms with Crippen LogP contribution < -0.4 is 10.5 Å². The fourth-order valence-corrected chi connectivity index (χ4v) is 3.19. The Bertz CT molecular complexity index is 1160. The number of urea groups is 1. The van der Waals surface area contributed by atoms with Crippen molar-refractivity contribution < 1.29 is 28.5 Å². The van der Waals surface area contributed by atoms with Gasteiger partial charge in [0.15, 0.2) is 0 Å². The predicted octanol–water partition coefficient (Wildman–Crippen LogP) is 2.10. The number of nitrogens with zero attached hydrogens (tertiary/aromatic N) is 3. The van der Waals surface area contributed by atoms with Gasteiger partial charge >= 0.3 is 17.9 Å². The van der Waals surface area contributed by atoms with Crippen molar-refractivity contribution in [1.29, 1.82) is 0 Å². The van der Waals surface area contributed by atoms with Crippen LogP contribution in [0.25, 0.3) is 0 Å². The summed E-state index contributed by atoms with van der Waals surface area (Å²) in [6.07, 6.45) is 0. The van der Waals surface area contributed by atoms with Crippen molar-refractivity contribution in [2.45, 2.75) is 20.8 Å². The average molecular weight is 421 g/mol. The molecule has 3 rings (SSSR count). The Morgan fingerprint density at radius 1 is 1.06 bits per heavy atom. The van der Waals surface area contributed by atoms with Crippen LogP contribution in [-0.2, 0) is 9.59 Å². The summed E-state index contributed by atoms with van der Waals surface area (Å²) in [4.78, 5) is 54.1. The zero-order chi connectivity index (χ0) is 22.9. The lowest BCUT2D eigenvalue weighted by atomic mass is 10.0. The van der Waals surface area contributed by atoms with Crippen LogP contribution in [0.15, 0.2) is 47.5 Å². The number of carbonyl (C=O) groups is 4.